The zero-order valence-electron chi connectivity index (χ0n) is 17.7. The predicted octanol–water partition coefficient (Wildman–Crippen LogP) is 4.02. The predicted molar refractivity (Wildman–Crippen MR) is 124 cm³/mol. The molecule has 2 aromatic rings. The molecular formula is C23H25ClN2O5S. The number of carbonyl (C=O) groups excluding carboxylic acids is 2. The van der Waals surface area contributed by atoms with Gasteiger partial charge < -0.3 is 10.1 Å². The van der Waals surface area contributed by atoms with E-state index in [9.17, 15) is 18.0 Å². The van der Waals surface area contributed by atoms with E-state index in [4.69, 9.17) is 16.3 Å². The number of rotatable bonds is 7. The molecule has 0 atom stereocenters. The molecule has 32 heavy (non-hydrogen) atoms. The van der Waals surface area contributed by atoms with Gasteiger partial charge in [-0.3, -0.25) is 4.79 Å². The summed E-state index contributed by atoms with van der Waals surface area (Å²) < 4.78 is 32.2. The Morgan fingerprint density at radius 3 is 2.59 bits per heavy atom. The highest BCUT2D eigenvalue weighted by Gasteiger charge is 2.26. The monoisotopic (exact) mass is 476 g/mol. The number of halogens is 1. The zero-order valence-corrected chi connectivity index (χ0v) is 19.3. The molecule has 1 amide bonds. The first kappa shape index (κ1) is 24.0. The van der Waals surface area contributed by atoms with Crippen molar-refractivity contribution in [1.82, 2.24) is 4.31 Å². The van der Waals surface area contributed by atoms with E-state index in [0.29, 0.717) is 29.4 Å². The van der Waals surface area contributed by atoms with E-state index in [1.54, 1.807) is 37.3 Å². The van der Waals surface area contributed by atoms with Gasteiger partial charge in [0, 0.05) is 29.9 Å². The van der Waals surface area contributed by atoms with Crippen molar-refractivity contribution in [1.29, 1.82) is 0 Å². The van der Waals surface area contributed by atoms with Crippen LogP contribution in [0.2, 0.25) is 5.02 Å². The van der Waals surface area contributed by atoms with Gasteiger partial charge in [0.2, 0.25) is 10.0 Å². The SMILES string of the molecule is Cc1ccc(S(=O)(=O)N2CCCCC2)cc1NC(=O)COC(=O)/C=C/c1cccc(Cl)c1. The van der Waals surface area contributed by atoms with Crippen LogP contribution in [0, 0.1) is 6.92 Å². The number of benzene rings is 2. The average molecular weight is 477 g/mol. The molecule has 0 aromatic heterocycles. The summed E-state index contributed by atoms with van der Waals surface area (Å²) in [5, 5.41) is 3.16. The van der Waals surface area contributed by atoms with Crippen molar-refractivity contribution in [3.05, 3.63) is 64.7 Å². The lowest BCUT2D eigenvalue weighted by Gasteiger charge is -2.26. The van der Waals surface area contributed by atoms with Crippen LogP contribution in [-0.2, 0) is 24.3 Å². The maximum atomic E-state index is 12.9. The van der Waals surface area contributed by atoms with Crippen LogP contribution in [0.1, 0.15) is 30.4 Å². The number of aryl methyl sites for hydroxylation is 1. The molecule has 0 saturated carbocycles. The van der Waals surface area contributed by atoms with Crippen LogP contribution >= 0.6 is 11.6 Å². The summed E-state index contributed by atoms with van der Waals surface area (Å²) >= 11 is 5.89. The number of esters is 1. The third-order valence-electron chi connectivity index (χ3n) is 5.04. The van der Waals surface area contributed by atoms with Crippen molar-refractivity contribution < 1.29 is 22.7 Å². The number of hydrogen-bond donors (Lipinski definition) is 1. The number of carbonyl (C=O) groups is 2. The third-order valence-corrected chi connectivity index (χ3v) is 7.17. The second-order valence-electron chi connectivity index (χ2n) is 7.49. The fourth-order valence-corrected chi connectivity index (χ4v) is 5.04. The molecule has 7 nitrogen and oxygen atoms in total. The minimum atomic E-state index is -3.62. The van der Waals surface area contributed by atoms with Crippen molar-refractivity contribution in [3.63, 3.8) is 0 Å². The van der Waals surface area contributed by atoms with Crippen LogP contribution < -0.4 is 5.32 Å². The number of hydrogen-bond acceptors (Lipinski definition) is 5. The van der Waals surface area contributed by atoms with Gasteiger partial charge in [-0.25, -0.2) is 13.2 Å². The molecule has 1 aliphatic heterocycles. The Morgan fingerprint density at radius 1 is 1.12 bits per heavy atom. The lowest BCUT2D eigenvalue weighted by molar-refractivity contribution is -0.142. The number of nitrogens with one attached hydrogen (secondary N) is 1. The van der Waals surface area contributed by atoms with Crippen LogP contribution in [0.3, 0.4) is 0 Å². The minimum Gasteiger partial charge on any atom is -0.452 e. The summed E-state index contributed by atoms with van der Waals surface area (Å²) in [6.07, 6.45) is 5.44. The van der Waals surface area contributed by atoms with Gasteiger partial charge in [-0.15, -0.1) is 0 Å². The highest BCUT2D eigenvalue weighted by Crippen LogP contribution is 2.25. The highest BCUT2D eigenvalue weighted by atomic mass is 35.5. The van der Waals surface area contributed by atoms with Crippen molar-refractivity contribution in [2.75, 3.05) is 25.0 Å². The van der Waals surface area contributed by atoms with E-state index in [2.05, 4.69) is 5.32 Å². The number of piperidine rings is 1. The summed E-state index contributed by atoms with van der Waals surface area (Å²) in [6.45, 7) is 2.25. The molecule has 0 bridgehead atoms. The number of amides is 1. The molecule has 1 fully saturated rings. The van der Waals surface area contributed by atoms with Gasteiger partial charge in [0.1, 0.15) is 0 Å². The Balaban J connectivity index is 1.59. The summed E-state index contributed by atoms with van der Waals surface area (Å²) in [5.41, 5.74) is 1.78. The fourth-order valence-electron chi connectivity index (χ4n) is 3.30. The largest absolute Gasteiger partial charge is 0.452 e. The molecule has 2 aromatic carbocycles. The van der Waals surface area contributed by atoms with E-state index >= 15 is 0 Å². The molecule has 0 aliphatic carbocycles. The van der Waals surface area contributed by atoms with Crippen LogP contribution in [0.25, 0.3) is 6.08 Å². The molecule has 0 spiro atoms. The van der Waals surface area contributed by atoms with Crippen molar-refractivity contribution >= 4 is 45.3 Å². The molecular weight excluding hydrogens is 452 g/mol. The Labute approximate surface area is 193 Å². The molecule has 3 rings (SSSR count). The van der Waals surface area contributed by atoms with Gasteiger partial charge in [-0.05, 0) is 61.2 Å². The molecule has 170 valence electrons. The van der Waals surface area contributed by atoms with Crippen molar-refractivity contribution in [2.24, 2.45) is 0 Å². The number of nitrogens with zero attached hydrogens (tertiary/aromatic N) is 1. The van der Waals surface area contributed by atoms with Crippen LogP contribution in [0.15, 0.2) is 53.4 Å². The van der Waals surface area contributed by atoms with Crippen LogP contribution in [0.5, 0.6) is 0 Å². The maximum absolute atomic E-state index is 12.9. The van der Waals surface area contributed by atoms with Crippen molar-refractivity contribution in [2.45, 2.75) is 31.1 Å². The van der Waals surface area contributed by atoms with E-state index in [-0.39, 0.29) is 4.90 Å². The van der Waals surface area contributed by atoms with Crippen molar-refractivity contribution in [3.8, 4) is 0 Å². The number of anilines is 1. The van der Waals surface area contributed by atoms with E-state index < -0.39 is 28.5 Å². The van der Waals surface area contributed by atoms with Gasteiger partial charge in [0.05, 0.1) is 4.90 Å². The number of ether oxygens (including phenoxy) is 1. The molecule has 1 heterocycles. The molecule has 1 N–H and O–H groups in total. The van der Waals surface area contributed by atoms with Gasteiger partial charge in [0.25, 0.3) is 5.91 Å². The standard InChI is InChI=1S/C23H25ClN2O5S/c1-17-8-10-20(32(29,30)26-12-3-2-4-13-26)15-21(17)25-22(27)16-31-23(28)11-9-18-6-5-7-19(24)14-18/h5-11,14-15H,2-4,12-13,16H2,1H3,(H,25,27)/b11-9+. The maximum Gasteiger partial charge on any atom is 0.331 e. The van der Waals surface area contributed by atoms with Crippen LogP contribution in [-0.4, -0.2) is 44.3 Å². The second-order valence-corrected chi connectivity index (χ2v) is 9.86. The normalized spacial score (nSPS) is 14.9. The topological polar surface area (TPSA) is 92.8 Å². The fraction of sp³-hybridized carbons (Fsp3) is 0.304. The van der Waals surface area contributed by atoms with Gasteiger partial charge in [-0.2, -0.15) is 4.31 Å². The molecule has 0 radical (unpaired) electrons. The molecule has 0 unspecified atom stereocenters. The average Bonchev–Trinajstić information content (AvgIpc) is 2.78. The van der Waals surface area contributed by atoms with Gasteiger partial charge in [-0.1, -0.05) is 36.2 Å². The Kier molecular flexibility index (Phi) is 8.06. The van der Waals surface area contributed by atoms with E-state index in [1.807, 2.05) is 0 Å². The zero-order chi connectivity index (χ0) is 23.1. The summed E-state index contributed by atoms with van der Waals surface area (Å²) in [7, 11) is -3.62. The lowest BCUT2D eigenvalue weighted by atomic mass is 10.2. The Bertz CT molecular complexity index is 1120. The third kappa shape index (κ3) is 6.41. The summed E-state index contributed by atoms with van der Waals surface area (Å²) in [6, 6.07) is 11.6. The number of sulfonamides is 1. The molecule has 1 aliphatic rings. The lowest BCUT2D eigenvalue weighted by Crippen LogP contribution is -2.35. The first-order valence-electron chi connectivity index (χ1n) is 10.3. The Hall–Kier alpha value is -2.68. The van der Waals surface area contributed by atoms with E-state index in [1.165, 1.54) is 28.6 Å². The molecule has 9 heteroatoms. The van der Waals surface area contributed by atoms with Crippen LogP contribution in [0.4, 0.5) is 5.69 Å². The Morgan fingerprint density at radius 2 is 1.88 bits per heavy atom. The smallest absolute Gasteiger partial charge is 0.331 e. The van der Waals surface area contributed by atoms with Gasteiger partial charge in [0.15, 0.2) is 6.61 Å². The van der Waals surface area contributed by atoms with Gasteiger partial charge >= 0.3 is 5.97 Å². The minimum absolute atomic E-state index is 0.127. The summed E-state index contributed by atoms with van der Waals surface area (Å²) in [4.78, 5) is 24.3. The second kappa shape index (κ2) is 10.8. The highest BCUT2D eigenvalue weighted by molar-refractivity contribution is 7.89. The van der Waals surface area contributed by atoms with E-state index in [0.717, 1.165) is 24.8 Å². The summed E-state index contributed by atoms with van der Waals surface area (Å²) in [5.74, 6) is -1.25. The molecule has 1 saturated heterocycles. The first-order chi connectivity index (χ1) is 15.3. The quantitative estimate of drug-likeness (QED) is 0.481. The first-order valence-corrected chi connectivity index (χ1v) is 12.1.